The number of hydrogen-bond donors (Lipinski definition) is 2. The van der Waals surface area contributed by atoms with Crippen LogP contribution < -0.4 is 5.73 Å². The third-order valence-corrected chi connectivity index (χ3v) is 4.17. The summed E-state index contributed by atoms with van der Waals surface area (Å²) in [4.78, 5) is 2.44. The zero-order valence-corrected chi connectivity index (χ0v) is 9.10. The van der Waals surface area contributed by atoms with Crippen LogP contribution in [0.25, 0.3) is 10.2 Å². The van der Waals surface area contributed by atoms with Crippen molar-refractivity contribution in [3.05, 3.63) is 15.1 Å². The van der Waals surface area contributed by atoms with E-state index in [-0.39, 0.29) is 0 Å². The summed E-state index contributed by atoms with van der Waals surface area (Å²) < 4.78 is 0.560. The van der Waals surface area contributed by atoms with Crippen LogP contribution in [0.15, 0.2) is 0 Å². The molecule has 0 radical (unpaired) electrons. The number of aromatic amines is 1. The van der Waals surface area contributed by atoms with Crippen LogP contribution in [0.1, 0.15) is 16.9 Å². The van der Waals surface area contributed by atoms with Gasteiger partial charge >= 0.3 is 0 Å². The van der Waals surface area contributed by atoms with E-state index in [1.54, 1.807) is 11.3 Å². The van der Waals surface area contributed by atoms with Gasteiger partial charge in [-0.3, -0.25) is 5.10 Å². The molecule has 3 N–H and O–H groups in total. The average molecular weight is 223 g/mol. The average Bonchev–Trinajstić information content (AvgIpc) is 2.70. The monoisotopic (exact) mass is 223 g/mol. The highest BCUT2D eigenvalue weighted by atomic mass is 32.1. The van der Waals surface area contributed by atoms with Gasteiger partial charge in [0.25, 0.3) is 0 Å². The van der Waals surface area contributed by atoms with E-state index in [1.165, 1.54) is 23.3 Å². The smallest absolute Gasteiger partial charge is 0.146 e. The molecular formula is C9H9N3S2. The van der Waals surface area contributed by atoms with Crippen LogP contribution in [-0.4, -0.2) is 10.2 Å². The van der Waals surface area contributed by atoms with E-state index in [9.17, 15) is 0 Å². The quantitative estimate of drug-likeness (QED) is 0.674. The maximum atomic E-state index is 5.97. The first kappa shape index (κ1) is 8.38. The Morgan fingerprint density at radius 3 is 3.14 bits per heavy atom. The van der Waals surface area contributed by atoms with E-state index in [0.29, 0.717) is 10.3 Å². The number of thiophene rings is 1. The molecule has 3 rings (SSSR count). The normalized spacial score (nSPS) is 14.9. The SMILES string of the molecule is Nc1c(=S)[nH]nc2sc3c(c12)CCC3. The summed E-state index contributed by atoms with van der Waals surface area (Å²) in [5.74, 6) is 0. The van der Waals surface area contributed by atoms with Gasteiger partial charge in [0.2, 0.25) is 0 Å². The predicted octanol–water partition coefficient (Wildman–Crippen LogP) is 2.42. The Morgan fingerprint density at radius 1 is 1.43 bits per heavy atom. The highest BCUT2D eigenvalue weighted by Crippen LogP contribution is 2.38. The van der Waals surface area contributed by atoms with E-state index in [0.717, 1.165) is 16.6 Å². The molecule has 0 aliphatic heterocycles. The summed E-state index contributed by atoms with van der Waals surface area (Å²) in [6.07, 6.45) is 3.53. The lowest BCUT2D eigenvalue weighted by Gasteiger charge is -1.97. The second-order valence-electron chi connectivity index (χ2n) is 3.50. The fourth-order valence-electron chi connectivity index (χ4n) is 2.02. The van der Waals surface area contributed by atoms with Crippen LogP contribution in [0.4, 0.5) is 5.69 Å². The van der Waals surface area contributed by atoms with E-state index >= 15 is 0 Å². The first-order chi connectivity index (χ1) is 6.77. The molecule has 2 aromatic heterocycles. The number of rotatable bonds is 0. The Morgan fingerprint density at radius 2 is 2.29 bits per heavy atom. The number of fused-ring (bicyclic) bond motifs is 3. The maximum Gasteiger partial charge on any atom is 0.146 e. The zero-order chi connectivity index (χ0) is 9.71. The molecule has 1 aliphatic rings. The second-order valence-corrected chi connectivity index (χ2v) is 5.00. The van der Waals surface area contributed by atoms with Crippen molar-refractivity contribution in [3.8, 4) is 0 Å². The number of anilines is 1. The summed E-state index contributed by atoms with van der Waals surface area (Å²) in [7, 11) is 0. The van der Waals surface area contributed by atoms with E-state index in [4.69, 9.17) is 18.0 Å². The molecule has 3 nitrogen and oxygen atoms in total. The minimum atomic E-state index is 0.560. The highest BCUT2D eigenvalue weighted by molar-refractivity contribution is 7.71. The molecule has 5 heteroatoms. The van der Waals surface area contributed by atoms with Crippen molar-refractivity contribution in [2.75, 3.05) is 5.73 Å². The summed E-state index contributed by atoms with van der Waals surface area (Å²) in [5, 5.41) is 8.10. The first-order valence-corrected chi connectivity index (χ1v) is 5.78. The molecule has 0 saturated heterocycles. The summed E-state index contributed by atoms with van der Waals surface area (Å²) in [6.45, 7) is 0. The Bertz CT molecular complexity index is 567. The third kappa shape index (κ3) is 0.965. The summed E-state index contributed by atoms with van der Waals surface area (Å²) in [6, 6.07) is 0. The molecule has 2 aromatic rings. The van der Waals surface area contributed by atoms with Crippen molar-refractivity contribution < 1.29 is 0 Å². The van der Waals surface area contributed by atoms with Gasteiger partial charge in [-0.25, -0.2) is 0 Å². The van der Waals surface area contributed by atoms with Gasteiger partial charge in [-0.15, -0.1) is 11.3 Å². The van der Waals surface area contributed by atoms with Crippen molar-refractivity contribution in [1.82, 2.24) is 10.2 Å². The molecule has 0 amide bonds. The Hall–Kier alpha value is -0.940. The molecule has 0 saturated carbocycles. The molecule has 0 aromatic carbocycles. The molecule has 72 valence electrons. The lowest BCUT2D eigenvalue weighted by Crippen LogP contribution is -1.93. The minimum Gasteiger partial charge on any atom is -0.396 e. The number of H-pyrrole nitrogens is 1. The van der Waals surface area contributed by atoms with Gasteiger partial charge < -0.3 is 5.73 Å². The third-order valence-electron chi connectivity index (χ3n) is 2.68. The number of nitrogens with two attached hydrogens (primary N) is 1. The molecule has 2 heterocycles. The minimum absolute atomic E-state index is 0.560. The highest BCUT2D eigenvalue weighted by Gasteiger charge is 2.20. The van der Waals surface area contributed by atoms with Gasteiger partial charge in [-0.1, -0.05) is 12.2 Å². The van der Waals surface area contributed by atoms with Crippen molar-refractivity contribution >= 4 is 39.5 Å². The van der Waals surface area contributed by atoms with Gasteiger partial charge in [0.1, 0.15) is 9.47 Å². The van der Waals surface area contributed by atoms with Crippen molar-refractivity contribution in [2.45, 2.75) is 19.3 Å². The second kappa shape index (κ2) is 2.77. The van der Waals surface area contributed by atoms with E-state index < -0.39 is 0 Å². The molecule has 0 bridgehead atoms. The lowest BCUT2D eigenvalue weighted by molar-refractivity contribution is 0.917. The predicted molar refractivity (Wildman–Crippen MR) is 61.2 cm³/mol. The molecule has 0 unspecified atom stereocenters. The number of hydrogen-bond acceptors (Lipinski definition) is 4. The Kier molecular flexibility index (Phi) is 1.66. The molecule has 0 atom stereocenters. The van der Waals surface area contributed by atoms with E-state index in [2.05, 4.69) is 10.2 Å². The fraction of sp³-hybridized carbons (Fsp3) is 0.333. The number of nitrogens with one attached hydrogen (secondary N) is 1. The standard InChI is InChI=1S/C9H9N3S2/c10-7-6-4-2-1-3-5(4)14-9(6)12-11-8(7)13/h1-3H2,(H2,10,12)(H,11,13). The van der Waals surface area contributed by atoms with Gasteiger partial charge in [0, 0.05) is 10.3 Å². The first-order valence-electron chi connectivity index (χ1n) is 4.56. The number of nitrogen functional groups attached to an aromatic ring is 1. The maximum absolute atomic E-state index is 5.97. The Labute approximate surface area is 89.9 Å². The van der Waals surface area contributed by atoms with Crippen LogP contribution in [0.2, 0.25) is 0 Å². The molecule has 0 spiro atoms. The van der Waals surface area contributed by atoms with Gasteiger partial charge in [-0.05, 0) is 24.8 Å². The zero-order valence-electron chi connectivity index (χ0n) is 7.46. The Balaban J connectivity index is 2.52. The largest absolute Gasteiger partial charge is 0.396 e. The van der Waals surface area contributed by atoms with Crippen LogP contribution in [0, 0.1) is 4.64 Å². The van der Waals surface area contributed by atoms with Crippen molar-refractivity contribution in [3.63, 3.8) is 0 Å². The number of aryl methyl sites for hydroxylation is 2. The van der Waals surface area contributed by atoms with Gasteiger partial charge in [0.15, 0.2) is 0 Å². The number of nitrogens with zero attached hydrogens (tertiary/aromatic N) is 1. The van der Waals surface area contributed by atoms with Crippen LogP contribution >= 0.6 is 23.6 Å². The fourth-order valence-corrected chi connectivity index (χ4v) is 3.40. The number of aromatic nitrogens is 2. The molecular weight excluding hydrogens is 214 g/mol. The molecule has 14 heavy (non-hydrogen) atoms. The van der Waals surface area contributed by atoms with Gasteiger partial charge in [-0.2, -0.15) is 5.10 Å². The van der Waals surface area contributed by atoms with E-state index in [1.807, 2.05) is 0 Å². The van der Waals surface area contributed by atoms with Crippen LogP contribution in [-0.2, 0) is 12.8 Å². The van der Waals surface area contributed by atoms with Crippen LogP contribution in [0.5, 0.6) is 0 Å². The lowest BCUT2D eigenvalue weighted by atomic mass is 10.2. The molecule has 0 fully saturated rings. The topological polar surface area (TPSA) is 54.7 Å². The van der Waals surface area contributed by atoms with Crippen molar-refractivity contribution in [1.29, 1.82) is 0 Å². The van der Waals surface area contributed by atoms with Crippen molar-refractivity contribution in [2.24, 2.45) is 0 Å². The van der Waals surface area contributed by atoms with Crippen LogP contribution in [0.3, 0.4) is 0 Å². The summed E-state index contributed by atoms with van der Waals surface area (Å²) in [5.41, 5.74) is 8.05. The molecule has 1 aliphatic carbocycles. The van der Waals surface area contributed by atoms with Gasteiger partial charge in [0.05, 0.1) is 5.69 Å². The summed E-state index contributed by atoms with van der Waals surface area (Å²) >= 11 is 6.82.